The van der Waals surface area contributed by atoms with E-state index in [1.807, 2.05) is 24.0 Å². The van der Waals surface area contributed by atoms with Gasteiger partial charge in [-0.1, -0.05) is 11.6 Å². The van der Waals surface area contributed by atoms with Crippen molar-refractivity contribution in [3.05, 3.63) is 53.4 Å². The van der Waals surface area contributed by atoms with Crippen LogP contribution in [0.4, 0.5) is 10.2 Å². The minimum Gasteiger partial charge on any atom is -0.489 e. The third kappa shape index (κ3) is 5.48. The van der Waals surface area contributed by atoms with Crippen LogP contribution in [-0.4, -0.2) is 49.8 Å². The lowest BCUT2D eigenvalue weighted by atomic mass is 10.3. The highest BCUT2D eigenvalue weighted by molar-refractivity contribution is 6.30. The summed E-state index contributed by atoms with van der Waals surface area (Å²) >= 11 is 5.89. The summed E-state index contributed by atoms with van der Waals surface area (Å²) in [6.45, 7) is 3.99. The van der Waals surface area contributed by atoms with E-state index >= 15 is 0 Å². The van der Waals surface area contributed by atoms with E-state index in [9.17, 15) is 4.39 Å². The first kappa shape index (κ1) is 20.2. The predicted octanol–water partition coefficient (Wildman–Crippen LogP) is 3.09. The van der Waals surface area contributed by atoms with Crippen molar-refractivity contribution in [2.75, 3.05) is 31.6 Å². The Kier molecular flexibility index (Phi) is 6.92. The van der Waals surface area contributed by atoms with Crippen molar-refractivity contribution in [3.8, 4) is 5.75 Å². The van der Waals surface area contributed by atoms with Crippen molar-refractivity contribution in [2.24, 2.45) is 4.99 Å². The number of aromatic nitrogens is 1. The molecule has 6 nitrogen and oxygen atoms in total. The fraction of sp³-hybridized carbons (Fsp3) is 0.400. The summed E-state index contributed by atoms with van der Waals surface area (Å²) in [6, 6.07) is 10.5. The smallest absolute Gasteiger partial charge is 0.191 e. The zero-order valence-corrected chi connectivity index (χ0v) is 16.8. The topological polar surface area (TPSA) is 61.8 Å². The third-order valence-electron chi connectivity index (χ3n) is 4.50. The van der Waals surface area contributed by atoms with E-state index in [4.69, 9.17) is 16.3 Å². The van der Waals surface area contributed by atoms with E-state index in [0.717, 1.165) is 18.7 Å². The van der Waals surface area contributed by atoms with Gasteiger partial charge in [0.1, 0.15) is 11.9 Å². The number of benzene rings is 1. The molecule has 1 aliphatic rings. The maximum absolute atomic E-state index is 13.9. The van der Waals surface area contributed by atoms with Crippen LogP contribution in [0, 0.1) is 5.82 Å². The van der Waals surface area contributed by atoms with Gasteiger partial charge in [-0.25, -0.2) is 9.37 Å². The molecule has 1 fully saturated rings. The first-order valence-corrected chi connectivity index (χ1v) is 9.68. The second-order valence-corrected chi connectivity index (χ2v) is 7.16. The Hall–Kier alpha value is -2.54. The molecule has 2 unspecified atom stereocenters. The first-order chi connectivity index (χ1) is 13.5. The van der Waals surface area contributed by atoms with Gasteiger partial charge in [0.2, 0.25) is 0 Å². The maximum atomic E-state index is 13.9. The third-order valence-corrected chi connectivity index (χ3v) is 4.75. The monoisotopic (exact) mass is 405 g/mol. The molecule has 28 heavy (non-hydrogen) atoms. The number of guanidine groups is 1. The fourth-order valence-corrected chi connectivity index (χ4v) is 3.22. The van der Waals surface area contributed by atoms with Gasteiger partial charge in [-0.2, -0.15) is 0 Å². The van der Waals surface area contributed by atoms with Gasteiger partial charge >= 0.3 is 0 Å². The van der Waals surface area contributed by atoms with E-state index < -0.39 is 0 Å². The van der Waals surface area contributed by atoms with Crippen LogP contribution in [0.15, 0.2) is 47.6 Å². The lowest BCUT2D eigenvalue weighted by molar-refractivity contribution is 0.223. The highest BCUT2D eigenvalue weighted by Gasteiger charge is 2.26. The summed E-state index contributed by atoms with van der Waals surface area (Å²) in [5.74, 6) is 1.57. The average Bonchev–Trinajstić information content (AvgIpc) is 3.15. The van der Waals surface area contributed by atoms with Crippen molar-refractivity contribution in [1.29, 1.82) is 0 Å². The molecule has 0 bridgehead atoms. The predicted molar refractivity (Wildman–Crippen MR) is 111 cm³/mol. The number of halogens is 2. The normalized spacial score (nSPS) is 18.1. The summed E-state index contributed by atoms with van der Waals surface area (Å²) in [5, 5.41) is 7.34. The molecule has 2 aromatic rings. The first-order valence-electron chi connectivity index (χ1n) is 9.30. The van der Waals surface area contributed by atoms with E-state index in [1.54, 1.807) is 31.4 Å². The van der Waals surface area contributed by atoms with Crippen molar-refractivity contribution in [3.63, 3.8) is 0 Å². The average molecular weight is 406 g/mol. The highest BCUT2D eigenvalue weighted by atomic mass is 35.5. The molecule has 8 heteroatoms. The largest absolute Gasteiger partial charge is 0.489 e. The zero-order valence-electron chi connectivity index (χ0n) is 16.0. The second-order valence-electron chi connectivity index (χ2n) is 6.72. The second kappa shape index (κ2) is 9.59. The molecule has 2 heterocycles. The molecule has 0 radical (unpaired) electrons. The molecule has 0 saturated carbocycles. The molecule has 1 aromatic carbocycles. The van der Waals surface area contributed by atoms with Crippen LogP contribution >= 0.6 is 11.6 Å². The number of pyridine rings is 1. The molecule has 3 rings (SSSR count). The Balaban J connectivity index is 1.46. The standard InChI is InChI=1S/C20H25ClFN5O/c1-14(28-17-7-5-15(21)6-8-17)12-25-20(23-2)26-16-9-11-27(13-16)19-18(22)4-3-10-24-19/h3-8,10,14,16H,9,11-13H2,1-2H3,(H2,23,25,26). The van der Waals surface area contributed by atoms with Crippen LogP contribution < -0.4 is 20.3 Å². The highest BCUT2D eigenvalue weighted by Crippen LogP contribution is 2.20. The van der Waals surface area contributed by atoms with E-state index in [-0.39, 0.29) is 18.0 Å². The van der Waals surface area contributed by atoms with E-state index in [2.05, 4.69) is 20.6 Å². The van der Waals surface area contributed by atoms with Gasteiger partial charge in [0.25, 0.3) is 0 Å². The zero-order chi connectivity index (χ0) is 19.9. The minimum atomic E-state index is -0.293. The number of anilines is 1. The summed E-state index contributed by atoms with van der Waals surface area (Å²) in [5.41, 5.74) is 0. The molecule has 2 atom stereocenters. The van der Waals surface area contributed by atoms with Crippen LogP contribution in [0.5, 0.6) is 5.75 Å². The van der Waals surface area contributed by atoms with Gasteiger partial charge in [-0.3, -0.25) is 4.99 Å². The number of hydrogen-bond acceptors (Lipinski definition) is 4. The Morgan fingerprint density at radius 1 is 1.39 bits per heavy atom. The number of nitrogens with one attached hydrogen (secondary N) is 2. The van der Waals surface area contributed by atoms with Crippen LogP contribution in [0.2, 0.25) is 5.02 Å². The lowest BCUT2D eigenvalue weighted by Gasteiger charge is -2.21. The minimum absolute atomic E-state index is 0.0533. The summed E-state index contributed by atoms with van der Waals surface area (Å²) < 4.78 is 19.8. The van der Waals surface area contributed by atoms with Crippen LogP contribution in [0.25, 0.3) is 0 Å². The van der Waals surface area contributed by atoms with Gasteiger partial charge < -0.3 is 20.3 Å². The van der Waals surface area contributed by atoms with E-state index in [0.29, 0.717) is 29.9 Å². The summed E-state index contributed by atoms with van der Waals surface area (Å²) in [7, 11) is 1.73. The molecule has 2 N–H and O–H groups in total. The van der Waals surface area contributed by atoms with Gasteiger partial charge in [-0.15, -0.1) is 0 Å². The van der Waals surface area contributed by atoms with E-state index in [1.165, 1.54) is 6.07 Å². The number of rotatable bonds is 6. The fourth-order valence-electron chi connectivity index (χ4n) is 3.10. The molecular weight excluding hydrogens is 381 g/mol. The molecule has 0 aliphatic carbocycles. The van der Waals surface area contributed by atoms with Crippen molar-refractivity contribution in [2.45, 2.75) is 25.5 Å². The Morgan fingerprint density at radius 3 is 2.89 bits per heavy atom. The molecule has 0 amide bonds. The lowest BCUT2D eigenvalue weighted by Crippen LogP contribution is -2.47. The summed E-state index contributed by atoms with van der Waals surface area (Å²) in [4.78, 5) is 10.4. The quantitative estimate of drug-likeness (QED) is 0.571. The maximum Gasteiger partial charge on any atom is 0.191 e. The Bertz CT molecular complexity index is 801. The van der Waals surface area contributed by atoms with Gasteiger partial charge in [0, 0.05) is 37.4 Å². The van der Waals surface area contributed by atoms with Crippen LogP contribution in [0.1, 0.15) is 13.3 Å². The van der Waals surface area contributed by atoms with Crippen molar-refractivity contribution < 1.29 is 9.13 Å². The molecule has 1 aliphatic heterocycles. The number of aliphatic imine (C=N–C) groups is 1. The molecule has 0 spiro atoms. The number of nitrogens with zero attached hydrogens (tertiary/aromatic N) is 3. The molecule has 1 saturated heterocycles. The van der Waals surface area contributed by atoms with Gasteiger partial charge in [0.05, 0.1) is 6.54 Å². The molecule has 150 valence electrons. The number of ether oxygens (including phenoxy) is 1. The molecule has 1 aromatic heterocycles. The van der Waals surface area contributed by atoms with Crippen molar-refractivity contribution in [1.82, 2.24) is 15.6 Å². The van der Waals surface area contributed by atoms with Gasteiger partial charge in [-0.05, 0) is 49.7 Å². The Morgan fingerprint density at radius 2 is 2.18 bits per heavy atom. The SMILES string of the molecule is CN=C(NCC(C)Oc1ccc(Cl)cc1)NC1CCN(c2ncccc2F)C1. The van der Waals surface area contributed by atoms with Crippen molar-refractivity contribution >= 4 is 23.4 Å². The van der Waals surface area contributed by atoms with Crippen LogP contribution in [0.3, 0.4) is 0 Å². The van der Waals surface area contributed by atoms with Gasteiger partial charge in [0.15, 0.2) is 17.6 Å². The van der Waals surface area contributed by atoms with Crippen LogP contribution in [-0.2, 0) is 0 Å². The number of hydrogen-bond donors (Lipinski definition) is 2. The Labute approximate surface area is 169 Å². The summed E-state index contributed by atoms with van der Waals surface area (Å²) in [6.07, 6.45) is 2.44. The molecular formula is C20H25ClFN5O.